The summed E-state index contributed by atoms with van der Waals surface area (Å²) >= 11 is 0. The van der Waals surface area contributed by atoms with E-state index in [4.69, 9.17) is 5.11 Å². The van der Waals surface area contributed by atoms with Gasteiger partial charge < -0.3 is 15.5 Å². The Hall–Kier alpha value is -2.85. The minimum Gasteiger partial charge on any atom is -0.507 e. The van der Waals surface area contributed by atoms with Gasteiger partial charge in [-0.1, -0.05) is 6.07 Å². The third-order valence-corrected chi connectivity index (χ3v) is 6.03. The molecule has 2 heterocycles. The van der Waals surface area contributed by atoms with Crippen LogP contribution in [0.15, 0.2) is 23.0 Å². The predicted molar refractivity (Wildman–Crippen MR) is 112 cm³/mol. The number of benzene rings is 1. The number of aliphatic hydroxyl groups excluding tert-OH is 1. The number of aromatic nitrogens is 3. The number of phenolic OH excluding ortho intramolecular Hbond substituents is 1. The van der Waals surface area contributed by atoms with Crippen LogP contribution in [0.5, 0.6) is 5.75 Å². The van der Waals surface area contributed by atoms with E-state index in [-0.39, 0.29) is 53.2 Å². The Kier molecular flexibility index (Phi) is 6.01. The van der Waals surface area contributed by atoms with Gasteiger partial charge in [-0.15, -0.1) is 10.2 Å². The zero-order valence-corrected chi connectivity index (χ0v) is 17.2. The van der Waals surface area contributed by atoms with Crippen LogP contribution in [-0.2, 0) is 13.5 Å². The number of β-amino-alcohol motifs (C(OH)–C–C–N with tert-alkyl or cyclic N) is 1. The normalized spacial score (nSPS) is 18.8. The average molecular weight is 433 g/mol. The van der Waals surface area contributed by atoms with Crippen LogP contribution in [0.25, 0.3) is 17.0 Å². The Labute approximate surface area is 177 Å². The molecule has 1 atom stereocenters. The lowest BCUT2D eigenvalue weighted by molar-refractivity contribution is 0.166. The van der Waals surface area contributed by atoms with Crippen molar-refractivity contribution in [3.8, 4) is 17.1 Å². The molecule has 3 N–H and O–H groups in total. The first-order valence-corrected chi connectivity index (χ1v) is 10.3. The van der Waals surface area contributed by atoms with E-state index in [0.717, 1.165) is 19.4 Å². The lowest BCUT2D eigenvalue weighted by atomic mass is 10.0. The van der Waals surface area contributed by atoms with Crippen LogP contribution in [-0.4, -0.2) is 62.2 Å². The van der Waals surface area contributed by atoms with Crippen molar-refractivity contribution in [1.29, 1.82) is 0 Å². The van der Waals surface area contributed by atoms with E-state index in [2.05, 4.69) is 20.4 Å². The van der Waals surface area contributed by atoms with Gasteiger partial charge in [0.05, 0.1) is 12.2 Å². The van der Waals surface area contributed by atoms with Crippen molar-refractivity contribution in [1.82, 2.24) is 19.7 Å². The number of likely N-dealkylation sites (tertiary alicyclic amines) is 1. The third-order valence-electron chi connectivity index (χ3n) is 6.03. The fourth-order valence-corrected chi connectivity index (χ4v) is 4.43. The molecule has 0 unspecified atom stereocenters. The van der Waals surface area contributed by atoms with Crippen molar-refractivity contribution in [3.63, 3.8) is 0 Å². The number of phenols is 1. The summed E-state index contributed by atoms with van der Waals surface area (Å²) in [5.41, 5.74) is 0.605. The first-order valence-electron chi connectivity index (χ1n) is 10.3. The number of nitrogens with zero attached hydrogens (tertiary/aromatic N) is 4. The summed E-state index contributed by atoms with van der Waals surface area (Å²) in [7, 11) is 1.54. The first-order chi connectivity index (χ1) is 14.9. The number of aromatic hydroxyl groups is 1. The van der Waals surface area contributed by atoms with E-state index in [0.29, 0.717) is 30.6 Å². The highest BCUT2D eigenvalue weighted by Crippen LogP contribution is 2.43. The molecule has 0 radical (unpaired) electrons. The predicted octanol–water partition coefficient (Wildman–Crippen LogP) is 1.97. The van der Waals surface area contributed by atoms with Crippen LogP contribution in [0, 0.1) is 0 Å². The van der Waals surface area contributed by atoms with E-state index in [1.165, 1.54) is 23.7 Å². The highest BCUT2D eigenvalue weighted by Gasteiger charge is 2.27. The van der Waals surface area contributed by atoms with Crippen LogP contribution in [0.1, 0.15) is 30.4 Å². The monoisotopic (exact) mass is 433 g/mol. The largest absolute Gasteiger partial charge is 0.507 e. The number of nitrogens with one attached hydrogen (secondary N) is 1. The number of fused-ring (bicyclic) bond motifs is 1. The fourth-order valence-electron chi connectivity index (χ4n) is 4.43. The van der Waals surface area contributed by atoms with Crippen molar-refractivity contribution in [2.75, 3.05) is 31.6 Å². The van der Waals surface area contributed by atoms with Crippen molar-refractivity contribution in [2.45, 2.75) is 31.7 Å². The number of allylic oxidation sites excluding steroid dienone is 1. The summed E-state index contributed by atoms with van der Waals surface area (Å²) < 4.78 is 27.5. The summed E-state index contributed by atoms with van der Waals surface area (Å²) in [6.07, 6.45) is 0.545. The van der Waals surface area contributed by atoms with Crippen molar-refractivity contribution >= 4 is 11.4 Å². The second kappa shape index (κ2) is 8.72. The van der Waals surface area contributed by atoms with E-state index >= 15 is 0 Å². The maximum atomic E-state index is 13.1. The van der Waals surface area contributed by atoms with Gasteiger partial charge in [-0.2, -0.15) is 8.78 Å². The Morgan fingerprint density at radius 3 is 2.77 bits per heavy atom. The number of hydrogen-bond acceptors (Lipinski definition) is 7. The molecule has 1 saturated heterocycles. The minimum absolute atomic E-state index is 0.0161. The molecule has 2 aliphatic rings. The molecule has 1 aliphatic heterocycles. The highest BCUT2D eigenvalue weighted by atomic mass is 19.3. The molecule has 166 valence electrons. The zero-order valence-electron chi connectivity index (χ0n) is 17.2. The molecular weight excluding hydrogens is 408 g/mol. The number of rotatable bonds is 5. The van der Waals surface area contributed by atoms with E-state index in [9.17, 15) is 18.7 Å². The van der Waals surface area contributed by atoms with Crippen LogP contribution in [0.4, 0.5) is 14.6 Å². The maximum absolute atomic E-state index is 13.1. The van der Waals surface area contributed by atoms with Gasteiger partial charge in [0.15, 0.2) is 5.82 Å². The molecule has 0 bridgehead atoms. The number of anilines is 1. The first kappa shape index (κ1) is 21.4. The zero-order chi connectivity index (χ0) is 22.1. The van der Waals surface area contributed by atoms with Gasteiger partial charge in [-0.3, -0.25) is 14.3 Å². The van der Waals surface area contributed by atoms with Gasteiger partial charge in [0.25, 0.3) is 11.6 Å². The molecule has 1 fully saturated rings. The molecule has 0 amide bonds. The topological polar surface area (TPSA) is 104 Å². The fraction of sp³-hybridized carbons (Fsp3) is 0.476. The van der Waals surface area contributed by atoms with Gasteiger partial charge in [0.1, 0.15) is 5.75 Å². The second-order valence-electron chi connectivity index (χ2n) is 7.97. The highest BCUT2D eigenvalue weighted by molar-refractivity contribution is 5.80. The van der Waals surface area contributed by atoms with Gasteiger partial charge in [0, 0.05) is 37.3 Å². The van der Waals surface area contributed by atoms with Crippen LogP contribution in [0.3, 0.4) is 0 Å². The third kappa shape index (κ3) is 4.05. The number of piperidine rings is 1. The molecule has 8 nitrogen and oxygen atoms in total. The lowest BCUT2D eigenvalue weighted by Crippen LogP contribution is -2.44. The summed E-state index contributed by atoms with van der Waals surface area (Å²) in [5.74, 6) is 0.137. The Balaban J connectivity index is 1.62. The van der Waals surface area contributed by atoms with Crippen molar-refractivity contribution in [2.24, 2.45) is 7.05 Å². The smallest absolute Gasteiger partial charge is 0.296 e. The summed E-state index contributed by atoms with van der Waals surface area (Å²) in [6, 6.07) is 3.04. The van der Waals surface area contributed by atoms with Gasteiger partial charge in [-0.25, -0.2) is 0 Å². The molecule has 31 heavy (non-hydrogen) atoms. The van der Waals surface area contributed by atoms with E-state index in [1.807, 2.05) is 0 Å². The van der Waals surface area contributed by atoms with Gasteiger partial charge >= 0.3 is 0 Å². The summed E-state index contributed by atoms with van der Waals surface area (Å²) in [5, 5.41) is 31.2. The van der Waals surface area contributed by atoms with Gasteiger partial charge in [-0.05, 0) is 43.9 Å². The molecule has 0 saturated carbocycles. The van der Waals surface area contributed by atoms with E-state index in [1.54, 1.807) is 0 Å². The lowest BCUT2D eigenvalue weighted by Gasteiger charge is -2.32. The Morgan fingerprint density at radius 1 is 1.26 bits per heavy atom. The van der Waals surface area contributed by atoms with Crippen molar-refractivity contribution in [3.05, 3.63) is 39.7 Å². The molecule has 1 aromatic heterocycles. The second-order valence-corrected chi connectivity index (χ2v) is 7.97. The Bertz CT molecular complexity index is 1080. The van der Waals surface area contributed by atoms with Crippen LogP contribution < -0.4 is 10.9 Å². The average Bonchev–Trinajstić information content (AvgIpc) is 3.18. The number of halogens is 2. The molecular formula is C21H25F2N5O3. The Morgan fingerprint density at radius 2 is 2.03 bits per heavy atom. The molecule has 1 aromatic carbocycles. The summed E-state index contributed by atoms with van der Waals surface area (Å²) in [6.45, 7) is 2.27. The van der Waals surface area contributed by atoms with Crippen molar-refractivity contribution < 1.29 is 19.0 Å². The van der Waals surface area contributed by atoms with Crippen LogP contribution >= 0.6 is 0 Å². The molecule has 1 aliphatic carbocycles. The summed E-state index contributed by atoms with van der Waals surface area (Å²) in [4.78, 5) is 15.0. The van der Waals surface area contributed by atoms with E-state index < -0.39 is 6.08 Å². The molecule has 0 spiro atoms. The number of hydrogen-bond donors (Lipinski definition) is 3. The quantitative estimate of drug-likeness (QED) is 0.662. The standard InChI is InChI=1S/C21H25F2N5O3/c1-27-20(16-7-4-13-14(17(16)30)5-6-15(13)18(22)23)26-25-19(21(27)31)24-12-3-2-8-28(11-12)9-10-29/h4,7,12,29-30H,2-3,5-6,8-11H2,1H3,(H,24,25)/t12-/m1/s1. The molecule has 10 heteroatoms. The SMILES string of the molecule is Cn1c(-c2ccc3c(c2O)CCC3=C(F)F)nnc(N[C@@H]2CCCN(CCO)C2)c1=O. The number of aliphatic hydroxyl groups is 1. The maximum Gasteiger partial charge on any atom is 0.296 e. The van der Waals surface area contributed by atoms with Crippen LogP contribution in [0.2, 0.25) is 0 Å². The molecule has 2 aromatic rings. The minimum atomic E-state index is -1.74. The molecule has 4 rings (SSSR count). The van der Waals surface area contributed by atoms with Gasteiger partial charge in [0.2, 0.25) is 5.82 Å².